The van der Waals surface area contributed by atoms with Gasteiger partial charge in [0, 0.05) is 38.1 Å². The zero-order valence-electron chi connectivity index (χ0n) is 18.9. The minimum Gasteiger partial charge on any atom is -0.357 e. The summed E-state index contributed by atoms with van der Waals surface area (Å²) in [6.07, 6.45) is 9.89. The van der Waals surface area contributed by atoms with E-state index in [9.17, 15) is 4.79 Å². The molecule has 2 aliphatic heterocycles. The fourth-order valence-electron chi connectivity index (χ4n) is 4.12. The van der Waals surface area contributed by atoms with Crippen LogP contribution in [-0.4, -0.2) is 73.5 Å². The number of piperidine rings is 2. The molecular formula is C22H44IN5O. The van der Waals surface area contributed by atoms with E-state index in [-0.39, 0.29) is 35.8 Å². The second-order valence-electron chi connectivity index (χ2n) is 8.62. The first-order valence-corrected chi connectivity index (χ1v) is 11.7. The summed E-state index contributed by atoms with van der Waals surface area (Å²) in [6.45, 7) is 13.4. The normalized spacial score (nSPS) is 19.2. The van der Waals surface area contributed by atoms with Crippen molar-refractivity contribution >= 4 is 35.8 Å². The van der Waals surface area contributed by atoms with Gasteiger partial charge in [0.1, 0.15) is 0 Å². The van der Waals surface area contributed by atoms with Crippen molar-refractivity contribution in [2.24, 2.45) is 10.9 Å². The van der Waals surface area contributed by atoms with E-state index in [2.05, 4.69) is 22.5 Å². The van der Waals surface area contributed by atoms with Crippen LogP contribution < -0.4 is 10.6 Å². The van der Waals surface area contributed by atoms with Gasteiger partial charge < -0.3 is 20.4 Å². The average molecular weight is 522 g/mol. The maximum absolute atomic E-state index is 12.1. The van der Waals surface area contributed by atoms with Crippen molar-refractivity contribution < 1.29 is 4.79 Å². The van der Waals surface area contributed by atoms with E-state index in [0.29, 0.717) is 6.04 Å². The number of likely N-dealkylation sites (tertiary alicyclic amines) is 2. The van der Waals surface area contributed by atoms with Gasteiger partial charge in [-0.25, -0.2) is 0 Å². The van der Waals surface area contributed by atoms with Gasteiger partial charge in [0.25, 0.3) is 0 Å². The van der Waals surface area contributed by atoms with Crippen molar-refractivity contribution in [1.29, 1.82) is 0 Å². The van der Waals surface area contributed by atoms with E-state index in [0.717, 1.165) is 51.4 Å². The van der Waals surface area contributed by atoms with E-state index in [4.69, 9.17) is 4.99 Å². The lowest BCUT2D eigenvalue weighted by atomic mass is 10.0. The van der Waals surface area contributed by atoms with Gasteiger partial charge in [-0.2, -0.15) is 0 Å². The van der Waals surface area contributed by atoms with Crippen LogP contribution in [-0.2, 0) is 4.79 Å². The molecule has 0 bridgehead atoms. The van der Waals surface area contributed by atoms with E-state index in [1.54, 1.807) is 0 Å². The van der Waals surface area contributed by atoms with Crippen LogP contribution in [0.25, 0.3) is 0 Å². The van der Waals surface area contributed by atoms with Gasteiger partial charge in [0.15, 0.2) is 5.96 Å². The smallest absolute Gasteiger partial charge is 0.225 e. The van der Waals surface area contributed by atoms with Gasteiger partial charge in [0.05, 0.1) is 0 Å². The molecule has 2 N–H and O–H groups in total. The zero-order valence-corrected chi connectivity index (χ0v) is 21.2. The topological polar surface area (TPSA) is 60.0 Å². The second-order valence-corrected chi connectivity index (χ2v) is 8.62. The van der Waals surface area contributed by atoms with Crippen molar-refractivity contribution in [3.05, 3.63) is 0 Å². The Balaban J connectivity index is 0.00000420. The number of nitrogens with zero attached hydrogens (tertiary/aromatic N) is 3. The van der Waals surface area contributed by atoms with Crippen LogP contribution in [0.2, 0.25) is 0 Å². The molecule has 6 nitrogen and oxygen atoms in total. The molecule has 2 heterocycles. The van der Waals surface area contributed by atoms with Crippen LogP contribution >= 0.6 is 24.0 Å². The monoisotopic (exact) mass is 521 g/mol. The molecule has 0 atom stereocenters. The summed E-state index contributed by atoms with van der Waals surface area (Å²) in [4.78, 5) is 21.5. The number of guanidine groups is 1. The van der Waals surface area contributed by atoms with Crippen LogP contribution in [0.1, 0.15) is 72.1 Å². The molecule has 2 saturated heterocycles. The van der Waals surface area contributed by atoms with Crippen molar-refractivity contribution in [2.75, 3.05) is 45.8 Å². The van der Waals surface area contributed by atoms with Gasteiger partial charge in [-0.05, 0) is 65.1 Å². The summed E-state index contributed by atoms with van der Waals surface area (Å²) in [6, 6.07) is 0.410. The molecule has 7 heteroatoms. The number of amides is 1. The molecule has 0 aliphatic carbocycles. The Morgan fingerprint density at radius 1 is 1.03 bits per heavy atom. The van der Waals surface area contributed by atoms with E-state index < -0.39 is 0 Å². The van der Waals surface area contributed by atoms with Gasteiger partial charge in [-0.1, -0.05) is 26.7 Å². The summed E-state index contributed by atoms with van der Waals surface area (Å²) in [5, 5.41) is 6.96. The van der Waals surface area contributed by atoms with Crippen molar-refractivity contribution in [1.82, 2.24) is 20.4 Å². The van der Waals surface area contributed by atoms with E-state index in [1.807, 2.05) is 18.7 Å². The molecule has 0 unspecified atom stereocenters. The average Bonchev–Trinajstić information content (AvgIpc) is 2.71. The SMILES string of the molecule is CCNC(=NCCCCCN1CCCCC1)NC1CCN(C(=O)C(C)C)CC1.I. The van der Waals surface area contributed by atoms with Crippen LogP contribution in [0.15, 0.2) is 4.99 Å². The third-order valence-electron chi connectivity index (χ3n) is 5.84. The molecule has 0 aromatic carbocycles. The molecule has 0 spiro atoms. The van der Waals surface area contributed by atoms with Gasteiger partial charge in [-0.3, -0.25) is 9.79 Å². The molecular weight excluding hydrogens is 477 g/mol. The van der Waals surface area contributed by atoms with E-state index in [1.165, 1.54) is 51.7 Å². The highest BCUT2D eigenvalue weighted by Gasteiger charge is 2.24. The maximum atomic E-state index is 12.1. The number of nitrogens with one attached hydrogen (secondary N) is 2. The fourth-order valence-corrected chi connectivity index (χ4v) is 4.12. The lowest BCUT2D eigenvalue weighted by Crippen LogP contribution is -2.50. The number of hydrogen-bond acceptors (Lipinski definition) is 3. The summed E-state index contributed by atoms with van der Waals surface area (Å²) in [7, 11) is 0. The van der Waals surface area contributed by atoms with Gasteiger partial charge in [0.2, 0.25) is 5.91 Å². The maximum Gasteiger partial charge on any atom is 0.225 e. The summed E-state index contributed by atoms with van der Waals surface area (Å²) >= 11 is 0. The Kier molecular flexibility index (Phi) is 13.9. The second kappa shape index (κ2) is 15.3. The third-order valence-corrected chi connectivity index (χ3v) is 5.84. The number of unbranched alkanes of at least 4 members (excludes halogenated alkanes) is 2. The van der Waals surface area contributed by atoms with Crippen molar-refractivity contribution in [3.63, 3.8) is 0 Å². The lowest BCUT2D eigenvalue weighted by Gasteiger charge is -2.34. The predicted octanol–water partition coefficient (Wildman–Crippen LogP) is 3.46. The highest BCUT2D eigenvalue weighted by Crippen LogP contribution is 2.13. The Hall–Kier alpha value is -0.570. The zero-order chi connectivity index (χ0) is 20.2. The third kappa shape index (κ3) is 10.3. The molecule has 0 aromatic heterocycles. The molecule has 2 fully saturated rings. The number of halogens is 1. The van der Waals surface area contributed by atoms with E-state index >= 15 is 0 Å². The minimum absolute atomic E-state index is 0. The van der Waals surface area contributed by atoms with Crippen LogP contribution in [0, 0.1) is 5.92 Å². The molecule has 2 aliphatic rings. The molecule has 2 rings (SSSR count). The summed E-state index contributed by atoms with van der Waals surface area (Å²) in [5.41, 5.74) is 0. The van der Waals surface area contributed by atoms with Gasteiger partial charge in [-0.15, -0.1) is 24.0 Å². The van der Waals surface area contributed by atoms with Crippen molar-refractivity contribution in [2.45, 2.75) is 78.2 Å². The van der Waals surface area contributed by atoms with Crippen LogP contribution in [0.5, 0.6) is 0 Å². The Morgan fingerprint density at radius 3 is 2.34 bits per heavy atom. The first kappa shape index (κ1) is 26.5. The molecule has 0 saturated carbocycles. The fraction of sp³-hybridized carbons (Fsp3) is 0.909. The lowest BCUT2D eigenvalue weighted by molar-refractivity contribution is -0.135. The number of aliphatic imine (C=N–C) groups is 1. The number of rotatable bonds is 9. The van der Waals surface area contributed by atoms with Crippen LogP contribution in [0.3, 0.4) is 0 Å². The molecule has 1 amide bonds. The molecule has 29 heavy (non-hydrogen) atoms. The van der Waals surface area contributed by atoms with Gasteiger partial charge >= 0.3 is 0 Å². The Bertz CT molecular complexity index is 472. The molecule has 0 radical (unpaired) electrons. The Morgan fingerprint density at radius 2 is 1.72 bits per heavy atom. The van der Waals surface area contributed by atoms with Crippen molar-refractivity contribution in [3.8, 4) is 0 Å². The largest absolute Gasteiger partial charge is 0.357 e. The quantitative estimate of drug-likeness (QED) is 0.211. The highest BCUT2D eigenvalue weighted by molar-refractivity contribution is 14.0. The molecule has 170 valence electrons. The number of carbonyl (C=O) groups excluding carboxylic acids is 1. The first-order valence-electron chi connectivity index (χ1n) is 11.7. The number of hydrogen-bond donors (Lipinski definition) is 2. The molecule has 0 aromatic rings. The Labute approximate surface area is 195 Å². The highest BCUT2D eigenvalue weighted by atomic mass is 127. The summed E-state index contributed by atoms with van der Waals surface area (Å²) < 4.78 is 0. The standard InChI is InChI=1S/C22H43N5O.HI/c1-4-23-22(24-13-7-5-8-14-26-15-9-6-10-16-26)25-20-11-17-27(18-12-20)21(28)19(2)3;/h19-20H,4-18H2,1-3H3,(H2,23,24,25);1H. The minimum atomic E-state index is 0. The predicted molar refractivity (Wildman–Crippen MR) is 133 cm³/mol. The first-order chi connectivity index (χ1) is 13.6. The summed E-state index contributed by atoms with van der Waals surface area (Å²) in [5.74, 6) is 1.31. The number of carbonyl (C=O) groups is 1. The van der Waals surface area contributed by atoms with Crippen LogP contribution in [0.4, 0.5) is 0 Å².